The van der Waals surface area contributed by atoms with Crippen LogP contribution in [-0.4, -0.2) is 31.3 Å². The molecular formula is C13H24N4O2. The van der Waals surface area contributed by atoms with Gasteiger partial charge in [-0.3, -0.25) is 4.79 Å². The maximum Gasteiger partial charge on any atom is 0.305 e. The molecular weight excluding hydrogens is 244 g/mol. The Kier molecular flexibility index (Phi) is 5.03. The van der Waals surface area contributed by atoms with Crippen molar-refractivity contribution in [1.82, 2.24) is 20.2 Å². The molecule has 0 bridgehead atoms. The highest BCUT2D eigenvalue weighted by molar-refractivity contribution is 5.67. The molecule has 1 rings (SSSR count). The summed E-state index contributed by atoms with van der Waals surface area (Å²) in [4.78, 5) is 11.1. The van der Waals surface area contributed by atoms with Gasteiger partial charge in [0.1, 0.15) is 0 Å². The van der Waals surface area contributed by atoms with E-state index in [4.69, 9.17) is 5.11 Å². The van der Waals surface area contributed by atoms with E-state index in [1.54, 1.807) is 4.68 Å². The fourth-order valence-corrected chi connectivity index (χ4v) is 1.97. The maximum absolute atomic E-state index is 11.1. The van der Waals surface area contributed by atoms with E-state index in [1.165, 1.54) is 0 Å². The van der Waals surface area contributed by atoms with Gasteiger partial charge in [-0.2, -0.15) is 0 Å². The summed E-state index contributed by atoms with van der Waals surface area (Å²) in [5, 5.41) is 20.9. The summed E-state index contributed by atoms with van der Waals surface area (Å²) >= 11 is 0. The minimum absolute atomic E-state index is 0.0298. The number of carbonyl (C=O) groups is 1. The molecule has 0 saturated heterocycles. The molecule has 0 aliphatic rings. The second-order valence-electron chi connectivity index (χ2n) is 6.24. The number of aliphatic carboxylic acids is 1. The molecule has 0 saturated carbocycles. The van der Waals surface area contributed by atoms with E-state index in [0.717, 1.165) is 18.7 Å². The van der Waals surface area contributed by atoms with Crippen LogP contribution in [-0.2, 0) is 11.2 Å². The van der Waals surface area contributed by atoms with Gasteiger partial charge in [-0.05, 0) is 21.8 Å². The molecule has 6 heteroatoms. The summed E-state index contributed by atoms with van der Waals surface area (Å²) in [5.41, 5.74) is -0.210. The fraction of sp³-hybridized carbons (Fsp3) is 0.846. The molecule has 0 amide bonds. The number of carboxylic acid groups (broad SMARTS) is 1. The van der Waals surface area contributed by atoms with Crippen molar-refractivity contribution in [3.05, 3.63) is 5.82 Å². The van der Waals surface area contributed by atoms with Gasteiger partial charge in [0.25, 0.3) is 0 Å². The highest BCUT2D eigenvalue weighted by atomic mass is 16.4. The second-order valence-corrected chi connectivity index (χ2v) is 6.24. The van der Waals surface area contributed by atoms with E-state index in [2.05, 4.69) is 29.4 Å². The van der Waals surface area contributed by atoms with Crippen LogP contribution in [0, 0.1) is 11.3 Å². The van der Waals surface area contributed by atoms with Crippen LogP contribution in [0.2, 0.25) is 0 Å². The number of aromatic nitrogens is 4. The first-order chi connectivity index (χ1) is 8.75. The molecule has 1 aromatic rings. The summed E-state index contributed by atoms with van der Waals surface area (Å²) in [7, 11) is 0. The average Bonchev–Trinajstić information content (AvgIpc) is 2.71. The Balaban J connectivity index is 3.03. The summed E-state index contributed by atoms with van der Waals surface area (Å²) in [6.07, 6.45) is 1.85. The molecule has 0 spiro atoms. The van der Waals surface area contributed by atoms with Gasteiger partial charge in [0, 0.05) is 6.42 Å². The highest BCUT2D eigenvalue weighted by Gasteiger charge is 2.31. The van der Waals surface area contributed by atoms with Crippen LogP contribution in [0.15, 0.2) is 0 Å². The Labute approximate surface area is 114 Å². The minimum atomic E-state index is -0.829. The number of nitrogens with zero attached hydrogens (tertiary/aromatic N) is 4. The van der Waals surface area contributed by atoms with Gasteiger partial charge >= 0.3 is 5.97 Å². The third kappa shape index (κ3) is 4.29. The predicted octanol–water partition coefficient (Wildman–Crippen LogP) is 2.32. The standard InChI is InChI=1S/C13H24N4O2/c1-6-9(2)7-11-14-15-16-17(11)10(8-12(18)19)13(3,4)5/h9-10H,6-8H2,1-5H3,(H,18,19). The van der Waals surface area contributed by atoms with Crippen LogP contribution in [0.25, 0.3) is 0 Å². The van der Waals surface area contributed by atoms with Gasteiger partial charge in [0.2, 0.25) is 0 Å². The van der Waals surface area contributed by atoms with E-state index in [1.807, 2.05) is 20.8 Å². The van der Waals surface area contributed by atoms with Crippen molar-refractivity contribution in [3.8, 4) is 0 Å². The molecule has 1 heterocycles. The second kappa shape index (κ2) is 6.12. The Morgan fingerprint density at radius 3 is 2.53 bits per heavy atom. The van der Waals surface area contributed by atoms with Gasteiger partial charge < -0.3 is 5.11 Å². The Morgan fingerprint density at radius 2 is 2.05 bits per heavy atom. The molecule has 0 aromatic carbocycles. The normalized spacial score (nSPS) is 15.2. The van der Waals surface area contributed by atoms with Crippen LogP contribution < -0.4 is 0 Å². The molecule has 0 aliphatic heterocycles. The van der Waals surface area contributed by atoms with Crippen molar-refractivity contribution in [2.24, 2.45) is 11.3 Å². The third-order valence-corrected chi connectivity index (χ3v) is 3.45. The monoisotopic (exact) mass is 268 g/mol. The zero-order valence-electron chi connectivity index (χ0n) is 12.4. The Bertz CT molecular complexity index is 423. The summed E-state index contributed by atoms with van der Waals surface area (Å²) in [6, 6.07) is -0.237. The first kappa shape index (κ1) is 15.6. The van der Waals surface area contributed by atoms with Crippen LogP contribution in [0.4, 0.5) is 0 Å². The molecule has 2 atom stereocenters. The van der Waals surface area contributed by atoms with Crippen LogP contribution >= 0.6 is 0 Å². The van der Waals surface area contributed by atoms with Crippen molar-refractivity contribution in [2.75, 3.05) is 0 Å². The predicted molar refractivity (Wildman–Crippen MR) is 71.7 cm³/mol. The topological polar surface area (TPSA) is 80.9 Å². The maximum atomic E-state index is 11.1. The van der Waals surface area contributed by atoms with Crippen molar-refractivity contribution in [3.63, 3.8) is 0 Å². The van der Waals surface area contributed by atoms with E-state index in [-0.39, 0.29) is 17.9 Å². The van der Waals surface area contributed by atoms with E-state index in [9.17, 15) is 4.79 Å². The first-order valence-electron chi connectivity index (χ1n) is 6.74. The molecule has 108 valence electrons. The molecule has 0 fully saturated rings. The summed E-state index contributed by atoms with van der Waals surface area (Å²) < 4.78 is 1.69. The van der Waals surface area contributed by atoms with Crippen LogP contribution in [0.3, 0.4) is 0 Å². The van der Waals surface area contributed by atoms with E-state index in [0.29, 0.717) is 5.92 Å². The number of hydrogen-bond donors (Lipinski definition) is 1. The van der Waals surface area contributed by atoms with Crippen molar-refractivity contribution in [1.29, 1.82) is 0 Å². The lowest BCUT2D eigenvalue weighted by Gasteiger charge is -2.30. The van der Waals surface area contributed by atoms with Crippen molar-refractivity contribution in [2.45, 2.75) is 59.9 Å². The first-order valence-corrected chi connectivity index (χ1v) is 6.74. The minimum Gasteiger partial charge on any atom is -0.481 e. The molecule has 0 aliphatic carbocycles. The van der Waals surface area contributed by atoms with E-state index < -0.39 is 5.97 Å². The van der Waals surface area contributed by atoms with Gasteiger partial charge in [-0.15, -0.1) is 5.10 Å². The van der Waals surface area contributed by atoms with Gasteiger partial charge in [0.15, 0.2) is 5.82 Å². The van der Waals surface area contributed by atoms with Gasteiger partial charge in [-0.25, -0.2) is 4.68 Å². The highest BCUT2D eigenvalue weighted by Crippen LogP contribution is 2.33. The van der Waals surface area contributed by atoms with Crippen molar-refractivity contribution < 1.29 is 9.90 Å². The van der Waals surface area contributed by atoms with Crippen molar-refractivity contribution >= 4 is 5.97 Å². The van der Waals surface area contributed by atoms with Crippen LogP contribution in [0.5, 0.6) is 0 Å². The largest absolute Gasteiger partial charge is 0.481 e. The Morgan fingerprint density at radius 1 is 1.42 bits per heavy atom. The molecule has 6 nitrogen and oxygen atoms in total. The zero-order chi connectivity index (χ0) is 14.6. The lowest BCUT2D eigenvalue weighted by Crippen LogP contribution is -2.29. The molecule has 0 radical (unpaired) electrons. The number of hydrogen-bond acceptors (Lipinski definition) is 4. The number of carboxylic acids is 1. The number of tetrazole rings is 1. The van der Waals surface area contributed by atoms with E-state index >= 15 is 0 Å². The fourth-order valence-electron chi connectivity index (χ4n) is 1.97. The molecule has 1 aromatic heterocycles. The summed E-state index contributed by atoms with van der Waals surface area (Å²) in [5.74, 6) is 0.427. The molecule has 1 N–H and O–H groups in total. The quantitative estimate of drug-likeness (QED) is 0.856. The zero-order valence-corrected chi connectivity index (χ0v) is 12.4. The third-order valence-electron chi connectivity index (χ3n) is 3.45. The summed E-state index contributed by atoms with van der Waals surface area (Å²) in [6.45, 7) is 10.3. The smallest absolute Gasteiger partial charge is 0.305 e. The lowest BCUT2D eigenvalue weighted by atomic mass is 9.84. The molecule has 19 heavy (non-hydrogen) atoms. The Hall–Kier alpha value is -1.46. The van der Waals surface area contributed by atoms with Gasteiger partial charge in [-0.1, -0.05) is 41.0 Å². The van der Waals surface area contributed by atoms with Gasteiger partial charge in [0.05, 0.1) is 12.5 Å². The number of rotatable bonds is 6. The lowest BCUT2D eigenvalue weighted by molar-refractivity contribution is -0.138. The molecule has 2 unspecified atom stereocenters. The average molecular weight is 268 g/mol. The SMILES string of the molecule is CCC(C)Cc1nnnn1C(CC(=O)O)C(C)(C)C. The van der Waals surface area contributed by atoms with Crippen LogP contribution in [0.1, 0.15) is 59.3 Å².